The third kappa shape index (κ3) is 6.72. The fourth-order valence-electron chi connectivity index (χ4n) is 2.47. The number of aromatic nitrogens is 2. The summed E-state index contributed by atoms with van der Waals surface area (Å²) in [5.41, 5.74) is 4.86. The molecule has 9 nitrogen and oxygen atoms in total. The summed E-state index contributed by atoms with van der Waals surface area (Å²) in [6.45, 7) is 2.57. The lowest BCUT2D eigenvalue weighted by atomic mass is 10.2. The van der Waals surface area contributed by atoms with E-state index in [1.807, 2.05) is 6.92 Å². The molecule has 1 aromatic carbocycles. The SMILES string of the molecule is CC(CCN)N(C)C(=O)CCn1[nH]c(=O)c2ccccc2c1=O.O=C(O)C(F)(F)F. The Kier molecular flexibility index (Phi) is 8.77. The van der Waals surface area contributed by atoms with E-state index in [-0.39, 0.29) is 36.0 Å². The molecule has 0 aliphatic rings. The summed E-state index contributed by atoms with van der Waals surface area (Å²) in [4.78, 5) is 47.0. The van der Waals surface area contributed by atoms with Crippen LogP contribution in [0.15, 0.2) is 33.9 Å². The zero-order valence-electron chi connectivity index (χ0n) is 16.4. The van der Waals surface area contributed by atoms with E-state index in [4.69, 9.17) is 15.6 Å². The molecule has 1 unspecified atom stereocenters. The van der Waals surface area contributed by atoms with Crippen molar-refractivity contribution in [1.29, 1.82) is 0 Å². The molecule has 0 radical (unpaired) electrons. The number of halogens is 3. The molecule has 166 valence electrons. The third-order valence-electron chi connectivity index (χ3n) is 4.31. The van der Waals surface area contributed by atoms with Gasteiger partial charge in [0.25, 0.3) is 11.1 Å². The standard InChI is InChI=1S/C16H22N4O3.C2HF3O2/c1-11(7-9-17)19(2)14(21)8-10-20-16(23)13-6-4-3-5-12(13)15(22)18-20;3-2(4,5)1(6)7/h3-6,11H,7-10,17H2,1-2H3,(H,18,22);(H,6,7). The van der Waals surface area contributed by atoms with Crippen LogP contribution in [0.4, 0.5) is 13.2 Å². The summed E-state index contributed by atoms with van der Waals surface area (Å²) in [6.07, 6.45) is -4.23. The predicted molar refractivity (Wildman–Crippen MR) is 103 cm³/mol. The number of alkyl halides is 3. The topological polar surface area (TPSA) is 138 Å². The van der Waals surface area contributed by atoms with Crippen molar-refractivity contribution in [3.05, 3.63) is 45.0 Å². The number of H-pyrrole nitrogens is 1. The van der Waals surface area contributed by atoms with Crippen LogP contribution in [-0.4, -0.2) is 57.5 Å². The molecule has 0 spiro atoms. The van der Waals surface area contributed by atoms with Gasteiger partial charge in [-0.05, 0) is 32.0 Å². The van der Waals surface area contributed by atoms with Crippen LogP contribution < -0.4 is 16.9 Å². The summed E-state index contributed by atoms with van der Waals surface area (Å²) in [5.74, 6) is -2.85. The van der Waals surface area contributed by atoms with Crippen molar-refractivity contribution in [2.24, 2.45) is 5.73 Å². The van der Waals surface area contributed by atoms with Crippen LogP contribution in [-0.2, 0) is 16.1 Å². The van der Waals surface area contributed by atoms with Gasteiger partial charge in [-0.25, -0.2) is 9.48 Å². The van der Waals surface area contributed by atoms with Crippen molar-refractivity contribution in [3.8, 4) is 0 Å². The zero-order chi connectivity index (χ0) is 23.1. The van der Waals surface area contributed by atoms with Gasteiger partial charge in [0.15, 0.2) is 0 Å². The van der Waals surface area contributed by atoms with Gasteiger partial charge in [-0.1, -0.05) is 12.1 Å². The third-order valence-corrected chi connectivity index (χ3v) is 4.31. The normalized spacial score (nSPS) is 12.1. The minimum Gasteiger partial charge on any atom is -0.475 e. The van der Waals surface area contributed by atoms with Gasteiger partial charge in [-0.3, -0.25) is 19.5 Å². The number of aryl methyl sites for hydroxylation is 1. The minimum atomic E-state index is -5.08. The quantitative estimate of drug-likeness (QED) is 0.620. The Morgan fingerprint density at radius 3 is 2.27 bits per heavy atom. The highest BCUT2D eigenvalue weighted by Crippen LogP contribution is 2.13. The summed E-state index contributed by atoms with van der Waals surface area (Å²) in [6, 6.07) is 6.67. The molecule has 0 bridgehead atoms. The number of carbonyl (C=O) groups is 2. The van der Waals surface area contributed by atoms with Crippen LogP contribution in [0.3, 0.4) is 0 Å². The highest BCUT2D eigenvalue weighted by molar-refractivity contribution is 5.80. The number of nitrogens with zero attached hydrogens (tertiary/aromatic N) is 2. The van der Waals surface area contributed by atoms with Gasteiger partial charge >= 0.3 is 12.1 Å². The Labute approximate surface area is 168 Å². The second kappa shape index (κ2) is 10.6. The van der Waals surface area contributed by atoms with E-state index in [1.165, 1.54) is 4.68 Å². The van der Waals surface area contributed by atoms with Gasteiger partial charge in [0.05, 0.1) is 17.3 Å². The largest absolute Gasteiger partial charge is 0.490 e. The van der Waals surface area contributed by atoms with Gasteiger partial charge < -0.3 is 15.7 Å². The first-order chi connectivity index (χ1) is 13.9. The number of fused-ring (bicyclic) bond motifs is 1. The summed E-state index contributed by atoms with van der Waals surface area (Å²) >= 11 is 0. The number of hydrogen-bond donors (Lipinski definition) is 3. The van der Waals surface area contributed by atoms with Crippen molar-refractivity contribution >= 4 is 22.6 Å². The number of aromatic amines is 1. The Morgan fingerprint density at radius 2 is 1.77 bits per heavy atom. The average molecular weight is 432 g/mol. The number of nitrogens with two attached hydrogens (primary N) is 1. The van der Waals surface area contributed by atoms with Gasteiger partial charge in [-0.15, -0.1) is 0 Å². The monoisotopic (exact) mass is 432 g/mol. The van der Waals surface area contributed by atoms with Crippen molar-refractivity contribution in [2.45, 2.75) is 38.5 Å². The molecule has 0 aliphatic heterocycles. The van der Waals surface area contributed by atoms with Gasteiger partial charge in [-0.2, -0.15) is 13.2 Å². The van der Waals surface area contributed by atoms with Crippen LogP contribution >= 0.6 is 0 Å². The fourth-order valence-corrected chi connectivity index (χ4v) is 2.47. The fraction of sp³-hybridized carbons (Fsp3) is 0.444. The number of benzene rings is 1. The van der Waals surface area contributed by atoms with E-state index in [0.29, 0.717) is 17.3 Å². The molecule has 1 amide bonds. The van der Waals surface area contributed by atoms with E-state index in [0.717, 1.165) is 6.42 Å². The number of carbonyl (C=O) groups excluding carboxylic acids is 1. The molecule has 2 aromatic rings. The van der Waals surface area contributed by atoms with E-state index in [9.17, 15) is 27.6 Å². The van der Waals surface area contributed by atoms with Gasteiger partial charge in [0, 0.05) is 19.5 Å². The molecule has 2 rings (SSSR count). The summed E-state index contributed by atoms with van der Waals surface area (Å²) < 4.78 is 32.9. The predicted octanol–water partition coefficient (Wildman–Crippen LogP) is 0.909. The number of carboxylic acids is 1. The molecule has 1 atom stereocenters. The van der Waals surface area contributed by atoms with E-state index >= 15 is 0 Å². The maximum atomic E-state index is 12.4. The Balaban J connectivity index is 0.000000553. The van der Waals surface area contributed by atoms with Crippen LogP contribution in [0.1, 0.15) is 19.8 Å². The second-order valence-corrected chi connectivity index (χ2v) is 6.43. The first-order valence-electron chi connectivity index (χ1n) is 8.87. The number of aliphatic carboxylic acids is 1. The van der Waals surface area contributed by atoms with Crippen molar-refractivity contribution in [2.75, 3.05) is 13.6 Å². The maximum Gasteiger partial charge on any atom is 0.490 e. The number of hydrogen-bond acceptors (Lipinski definition) is 5. The van der Waals surface area contributed by atoms with Crippen LogP contribution in [0.5, 0.6) is 0 Å². The zero-order valence-corrected chi connectivity index (χ0v) is 16.4. The van der Waals surface area contributed by atoms with Crippen LogP contribution in [0.25, 0.3) is 10.8 Å². The van der Waals surface area contributed by atoms with Crippen molar-refractivity contribution in [1.82, 2.24) is 14.7 Å². The highest BCUT2D eigenvalue weighted by atomic mass is 19.4. The molecule has 4 N–H and O–H groups in total. The highest BCUT2D eigenvalue weighted by Gasteiger charge is 2.38. The first kappa shape index (κ1) is 24.9. The molecule has 0 fully saturated rings. The van der Waals surface area contributed by atoms with Crippen LogP contribution in [0.2, 0.25) is 0 Å². The number of carboxylic acid groups (broad SMARTS) is 1. The summed E-state index contributed by atoms with van der Waals surface area (Å²) in [5, 5.41) is 10.4. The second-order valence-electron chi connectivity index (χ2n) is 6.43. The molecule has 0 saturated heterocycles. The minimum absolute atomic E-state index is 0.0416. The molecule has 1 heterocycles. The summed E-state index contributed by atoms with van der Waals surface area (Å²) in [7, 11) is 1.72. The first-order valence-corrected chi connectivity index (χ1v) is 8.87. The number of amides is 1. The Morgan fingerprint density at radius 1 is 1.23 bits per heavy atom. The lowest BCUT2D eigenvalue weighted by molar-refractivity contribution is -0.192. The number of rotatable bonds is 6. The Bertz CT molecular complexity index is 1000. The van der Waals surface area contributed by atoms with E-state index in [2.05, 4.69) is 5.10 Å². The molecule has 12 heteroatoms. The maximum absolute atomic E-state index is 12.4. The van der Waals surface area contributed by atoms with E-state index < -0.39 is 12.1 Å². The lowest BCUT2D eigenvalue weighted by Gasteiger charge is -2.24. The molecular formula is C18H23F3N4O5. The van der Waals surface area contributed by atoms with Crippen molar-refractivity contribution < 1.29 is 27.9 Å². The van der Waals surface area contributed by atoms with Gasteiger partial charge in [0.1, 0.15) is 0 Å². The molecular weight excluding hydrogens is 409 g/mol. The molecule has 0 aliphatic carbocycles. The van der Waals surface area contributed by atoms with Crippen molar-refractivity contribution in [3.63, 3.8) is 0 Å². The average Bonchev–Trinajstić information content (AvgIpc) is 2.68. The molecule has 0 saturated carbocycles. The van der Waals surface area contributed by atoms with Gasteiger partial charge in [0.2, 0.25) is 5.91 Å². The lowest BCUT2D eigenvalue weighted by Crippen LogP contribution is -2.38. The smallest absolute Gasteiger partial charge is 0.475 e. The molecule has 1 aromatic heterocycles. The van der Waals surface area contributed by atoms with Crippen LogP contribution in [0, 0.1) is 0 Å². The molecule has 30 heavy (non-hydrogen) atoms. The number of nitrogens with one attached hydrogen (secondary N) is 1. The Hall–Kier alpha value is -3.15. The van der Waals surface area contributed by atoms with E-state index in [1.54, 1.807) is 36.2 Å².